The molecule has 0 aromatic heterocycles. The van der Waals surface area contributed by atoms with Crippen LogP contribution in [0.25, 0.3) is 0 Å². The van der Waals surface area contributed by atoms with Crippen molar-refractivity contribution in [3.8, 4) is 5.75 Å². The van der Waals surface area contributed by atoms with Gasteiger partial charge in [-0.3, -0.25) is 9.59 Å². The highest BCUT2D eigenvalue weighted by Gasteiger charge is 2.17. The third-order valence-corrected chi connectivity index (χ3v) is 2.86. The van der Waals surface area contributed by atoms with Gasteiger partial charge in [-0.05, 0) is 19.1 Å². The van der Waals surface area contributed by atoms with E-state index in [0.29, 0.717) is 10.8 Å². The fraction of sp³-hybridized carbons (Fsp3) is 0.333. The van der Waals surface area contributed by atoms with Crippen molar-refractivity contribution in [1.29, 1.82) is 0 Å². The molecule has 7 heteroatoms. The number of esters is 1. The van der Waals surface area contributed by atoms with Crippen LogP contribution >= 0.6 is 15.9 Å². The molecule has 0 heterocycles. The van der Waals surface area contributed by atoms with E-state index >= 15 is 0 Å². The van der Waals surface area contributed by atoms with Crippen molar-refractivity contribution >= 4 is 28.2 Å². The highest BCUT2D eigenvalue weighted by molar-refractivity contribution is 9.10. The quantitative estimate of drug-likeness (QED) is 0.592. The third kappa shape index (κ3) is 4.59. The molecule has 0 fully saturated rings. The van der Waals surface area contributed by atoms with E-state index in [1.165, 1.54) is 6.07 Å². The molecule has 19 heavy (non-hydrogen) atoms. The zero-order valence-electron chi connectivity index (χ0n) is 9.99. The van der Waals surface area contributed by atoms with Crippen LogP contribution in [-0.2, 0) is 16.0 Å². The van der Waals surface area contributed by atoms with E-state index in [1.807, 2.05) is 0 Å². The summed E-state index contributed by atoms with van der Waals surface area (Å²) < 4.78 is 34.0. The lowest BCUT2D eigenvalue weighted by Gasteiger charge is -2.13. The van der Waals surface area contributed by atoms with Gasteiger partial charge in [-0.2, -0.15) is 8.78 Å². The Balaban J connectivity index is 3.11. The maximum Gasteiger partial charge on any atom is 0.387 e. The number of rotatable bonds is 6. The molecule has 1 rings (SSSR count). The van der Waals surface area contributed by atoms with Gasteiger partial charge >= 0.3 is 12.6 Å². The average Bonchev–Trinajstić information content (AvgIpc) is 2.32. The Morgan fingerprint density at radius 2 is 2.16 bits per heavy atom. The van der Waals surface area contributed by atoms with Crippen molar-refractivity contribution < 1.29 is 27.8 Å². The summed E-state index contributed by atoms with van der Waals surface area (Å²) in [5, 5.41) is 0. The lowest BCUT2D eigenvalue weighted by Crippen LogP contribution is -2.11. The maximum atomic E-state index is 12.3. The van der Waals surface area contributed by atoms with Crippen molar-refractivity contribution in [2.45, 2.75) is 20.0 Å². The van der Waals surface area contributed by atoms with Crippen molar-refractivity contribution in [1.82, 2.24) is 0 Å². The molecule has 0 spiro atoms. The molecule has 0 amide bonds. The van der Waals surface area contributed by atoms with Gasteiger partial charge in [0.1, 0.15) is 12.0 Å². The molecule has 4 nitrogen and oxygen atoms in total. The Morgan fingerprint density at radius 3 is 2.68 bits per heavy atom. The second-order valence-corrected chi connectivity index (χ2v) is 4.31. The number of hydrogen-bond donors (Lipinski definition) is 0. The fourth-order valence-corrected chi connectivity index (χ4v) is 2.03. The van der Waals surface area contributed by atoms with Crippen LogP contribution in [0.1, 0.15) is 22.8 Å². The zero-order chi connectivity index (χ0) is 14.4. The number of carbonyl (C=O) groups is 2. The summed E-state index contributed by atoms with van der Waals surface area (Å²) in [5.41, 5.74) is 0.375. The number of aldehydes is 1. The molecule has 0 aliphatic rings. The van der Waals surface area contributed by atoms with E-state index in [9.17, 15) is 18.4 Å². The molecular weight excluding hydrogens is 326 g/mol. The average molecular weight is 337 g/mol. The summed E-state index contributed by atoms with van der Waals surface area (Å²) in [6.07, 6.45) is 0.271. The molecule has 0 aliphatic heterocycles. The van der Waals surface area contributed by atoms with Gasteiger partial charge in [-0.1, -0.05) is 15.9 Å². The monoisotopic (exact) mass is 336 g/mol. The number of benzene rings is 1. The summed E-state index contributed by atoms with van der Waals surface area (Å²) in [6.45, 7) is -1.22. The van der Waals surface area contributed by atoms with E-state index in [0.717, 1.165) is 6.07 Å². The van der Waals surface area contributed by atoms with Crippen molar-refractivity contribution in [3.63, 3.8) is 0 Å². The SMILES string of the molecule is CCOC(=O)Cc1c(Br)cc(C=O)cc1OC(F)F. The highest BCUT2D eigenvalue weighted by atomic mass is 79.9. The van der Waals surface area contributed by atoms with Gasteiger partial charge in [0.25, 0.3) is 0 Å². The second kappa shape index (κ2) is 7.18. The van der Waals surface area contributed by atoms with Gasteiger partial charge in [-0.15, -0.1) is 0 Å². The molecular formula is C12H11BrF2O4. The summed E-state index contributed by atoms with van der Waals surface area (Å²) in [7, 11) is 0. The van der Waals surface area contributed by atoms with E-state index in [4.69, 9.17) is 4.74 Å². The molecule has 0 unspecified atom stereocenters. The van der Waals surface area contributed by atoms with Gasteiger partial charge in [0, 0.05) is 15.6 Å². The Hall–Kier alpha value is -1.50. The van der Waals surface area contributed by atoms with Crippen LogP contribution in [0.3, 0.4) is 0 Å². The van der Waals surface area contributed by atoms with Gasteiger partial charge in [0.15, 0.2) is 0 Å². The van der Waals surface area contributed by atoms with E-state index in [2.05, 4.69) is 20.7 Å². The Kier molecular flexibility index (Phi) is 5.88. The van der Waals surface area contributed by atoms with Crippen LogP contribution in [0.2, 0.25) is 0 Å². The first kappa shape index (κ1) is 15.6. The van der Waals surface area contributed by atoms with E-state index in [-0.39, 0.29) is 29.9 Å². The Labute approximate surface area is 116 Å². The number of alkyl halides is 2. The Morgan fingerprint density at radius 1 is 1.47 bits per heavy atom. The number of carbonyl (C=O) groups excluding carboxylic acids is 2. The molecule has 104 valence electrons. The maximum absolute atomic E-state index is 12.3. The van der Waals surface area contributed by atoms with Crippen LogP contribution < -0.4 is 4.74 Å². The standard InChI is InChI=1S/C12H11BrF2O4/c1-2-18-11(17)5-8-9(13)3-7(6-16)4-10(8)19-12(14)15/h3-4,6,12H,2,5H2,1H3. The van der Waals surface area contributed by atoms with Crippen LogP contribution in [0, 0.1) is 0 Å². The predicted octanol–water partition coefficient (Wildman–Crippen LogP) is 2.97. The molecule has 0 aliphatic carbocycles. The number of hydrogen-bond acceptors (Lipinski definition) is 4. The first-order valence-electron chi connectivity index (χ1n) is 5.36. The lowest BCUT2D eigenvalue weighted by molar-refractivity contribution is -0.142. The first-order valence-corrected chi connectivity index (χ1v) is 6.15. The van der Waals surface area contributed by atoms with E-state index in [1.54, 1.807) is 6.92 Å². The summed E-state index contributed by atoms with van der Waals surface area (Å²) in [6, 6.07) is 2.57. The van der Waals surface area contributed by atoms with Crippen molar-refractivity contribution in [2.75, 3.05) is 6.61 Å². The summed E-state index contributed by atoms with van der Waals surface area (Å²) >= 11 is 3.12. The van der Waals surface area contributed by atoms with Crippen molar-refractivity contribution in [2.24, 2.45) is 0 Å². The molecule has 0 saturated heterocycles. The first-order chi connectivity index (χ1) is 8.97. The van der Waals surface area contributed by atoms with Gasteiger partial charge in [0.05, 0.1) is 13.0 Å². The molecule has 1 aromatic carbocycles. The van der Waals surface area contributed by atoms with E-state index < -0.39 is 12.6 Å². The van der Waals surface area contributed by atoms with Crippen LogP contribution in [0.4, 0.5) is 8.78 Å². The lowest BCUT2D eigenvalue weighted by atomic mass is 10.1. The van der Waals surface area contributed by atoms with Gasteiger partial charge in [-0.25, -0.2) is 0 Å². The minimum Gasteiger partial charge on any atom is -0.466 e. The minimum absolute atomic E-state index is 0.162. The summed E-state index contributed by atoms with van der Waals surface area (Å²) in [5.74, 6) is -0.791. The van der Waals surface area contributed by atoms with Gasteiger partial charge in [0.2, 0.25) is 0 Å². The topological polar surface area (TPSA) is 52.6 Å². The Bertz CT molecular complexity index is 477. The minimum atomic E-state index is -3.05. The molecule has 1 aromatic rings. The predicted molar refractivity (Wildman–Crippen MR) is 66.5 cm³/mol. The summed E-state index contributed by atoms with van der Waals surface area (Å²) in [4.78, 5) is 22.1. The second-order valence-electron chi connectivity index (χ2n) is 3.46. The molecule has 0 N–H and O–H groups in total. The van der Waals surface area contributed by atoms with Gasteiger partial charge < -0.3 is 9.47 Å². The molecule has 0 atom stereocenters. The largest absolute Gasteiger partial charge is 0.466 e. The molecule has 0 bridgehead atoms. The number of halogens is 3. The number of ether oxygens (including phenoxy) is 2. The van der Waals surface area contributed by atoms with Crippen molar-refractivity contribution in [3.05, 3.63) is 27.7 Å². The zero-order valence-corrected chi connectivity index (χ0v) is 11.6. The normalized spacial score (nSPS) is 10.4. The molecule has 0 saturated carbocycles. The fourth-order valence-electron chi connectivity index (χ4n) is 1.43. The highest BCUT2D eigenvalue weighted by Crippen LogP contribution is 2.30. The van der Waals surface area contributed by atoms with Crippen LogP contribution in [-0.4, -0.2) is 25.5 Å². The third-order valence-electron chi connectivity index (χ3n) is 2.16. The molecule has 0 radical (unpaired) electrons. The smallest absolute Gasteiger partial charge is 0.387 e. The van der Waals surface area contributed by atoms with Crippen LogP contribution in [0.15, 0.2) is 16.6 Å². The van der Waals surface area contributed by atoms with Crippen LogP contribution in [0.5, 0.6) is 5.75 Å².